The van der Waals surface area contributed by atoms with Gasteiger partial charge in [0.05, 0.1) is 10.6 Å². The summed E-state index contributed by atoms with van der Waals surface area (Å²) in [6, 6.07) is 3.01. The Morgan fingerprint density at radius 2 is 2.31 bits per heavy atom. The van der Waals surface area contributed by atoms with Crippen LogP contribution in [0.1, 0.15) is 5.69 Å². The zero-order chi connectivity index (χ0) is 12.2. The molecule has 0 spiro atoms. The van der Waals surface area contributed by atoms with Gasteiger partial charge in [-0.2, -0.15) is 0 Å². The molecular formula is C8H11N3O3S2. The molecule has 0 aliphatic rings. The van der Waals surface area contributed by atoms with Gasteiger partial charge in [0.15, 0.2) is 9.84 Å². The quantitative estimate of drug-likeness (QED) is 0.440. The number of nitrogens with zero attached hydrogens (tertiary/aromatic N) is 1. The van der Waals surface area contributed by atoms with E-state index in [0.29, 0.717) is 5.69 Å². The molecule has 1 heterocycles. The predicted molar refractivity (Wildman–Crippen MR) is 62.1 cm³/mol. The minimum atomic E-state index is -3.22. The molecule has 6 nitrogen and oxygen atoms in total. The third kappa shape index (κ3) is 3.72. The number of ether oxygens (including phenoxy) is 1. The number of pyridine rings is 1. The molecule has 0 saturated carbocycles. The molecule has 0 unspecified atom stereocenters. The highest BCUT2D eigenvalue weighted by Crippen LogP contribution is 2.07. The van der Waals surface area contributed by atoms with Crippen molar-refractivity contribution in [1.82, 2.24) is 10.4 Å². The van der Waals surface area contributed by atoms with Crippen LogP contribution in [0.3, 0.4) is 0 Å². The Morgan fingerprint density at radius 1 is 1.62 bits per heavy atom. The topological polar surface area (TPSA) is 94.3 Å². The molecule has 0 aromatic carbocycles. The van der Waals surface area contributed by atoms with Crippen molar-refractivity contribution in [3.8, 4) is 0 Å². The van der Waals surface area contributed by atoms with E-state index in [1.165, 1.54) is 12.3 Å². The maximum Gasteiger partial charge on any atom is 0.271 e. The Morgan fingerprint density at radius 3 is 2.75 bits per heavy atom. The van der Waals surface area contributed by atoms with Gasteiger partial charge >= 0.3 is 0 Å². The van der Waals surface area contributed by atoms with Crippen molar-refractivity contribution in [1.29, 1.82) is 0 Å². The highest BCUT2D eigenvalue weighted by atomic mass is 32.2. The van der Waals surface area contributed by atoms with Crippen LogP contribution in [0.25, 0.3) is 0 Å². The van der Waals surface area contributed by atoms with Crippen molar-refractivity contribution in [2.75, 3.05) is 6.26 Å². The van der Waals surface area contributed by atoms with E-state index in [0.717, 1.165) is 6.26 Å². The van der Waals surface area contributed by atoms with Crippen molar-refractivity contribution in [2.24, 2.45) is 5.84 Å². The summed E-state index contributed by atoms with van der Waals surface area (Å²) in [7, 11) is -3.22. The van der Waals surface area contributed by atoms with Gasteiger partial charge in [-0.1, -0.05) is 0 Å². The van der Waals surface area contributed by atoms with Crippen molar-refractivity contribution < 1.29 is 13.2 Å². The van der Waals surface area contributed by atoms with Gasteiger partial charge in [-0.05, 0) is 24.4 Å². The zero-order valence-electron chi connectivity index (χ0n) is 8.50. The van der Waals surface area contributed by atoms with Crippen LogP contribution in [-0.2, 0) is 21.2 Å². The van der Waals surface area contributed by atoms with E-state index in [9.17, 15) is 8.42 Å². The van der Waals surface area contributed by atoms with Crippen LogP contribution in [-0.4, -0.2) is 24.8 Å². The lowest BCUT2D eigenvalue weighted by Gasteiger charge is -2.05. The molecule has 3 N–H and O–H groups in total. The predicted octanol–water partition coefficient (Wildman–Crippen LogP) is -0.250. The van der Waals surface area contributed by atoms with Crippen molar-refractivity contribution in [3.05, 3.63) is 24.0 Å². The number of aromatic nitrogens is 1. The van der Waals surface area contributed by atoms with Crippen molar-refractivity contribution >= 4 is 27.2 Å². The van der Waals surface area contributed by atoms with E-state index in [4.69, 9.17) is 10.6 Å². The molecule has 0 fully saturated rings. The third-order valence-corrected chi connectivity index (χ3v) is 3.03. The Balaban J connectivity index is 2.69. The van der Waals surface area contributed by atoms with Gasteiger partial charge < -0.3 is 4.74 Å². The fourth-order valence-electron chi connectivity index (χ4n) is 0.897. The number of hydrogen-bond donors (Lipinski definition) is 2. The summed E-state index contributed by atoms with van der Waals surface area (Å²) in [6.45, 7) is 0.132. The summed E-state index contributed by atoms with van der Waals surface area (Å²) in [4.78, 5) is 4.08. The van der Waals surface area contributed by atoms with Gasteiger partial charge in [0.25, 0.3) is 5.17 Å². The first kappa shape index (κ1) is 12.8. The highest BCUT2D eigenvalue weighted by molar-refractivity contribution is 7.90. The molecule has 88 valence electrons. The molecule has 8 heteroatoms. The van der Waals surface area contributed by atoms with Crippen LogP contribution in [0, 0.1) is 0 Å². The third-order valence-electron chi connectivity index (χ3n) is 1.69. The Bertz CT molecular complexity index is 470. The first-order chi connectivity index (χ1) is 7.43. The minimum Gasteiger partial charge on any atom is -0.464 e. The molecule has 0 aliphatic heterocycles. The Kier molecular flexibility index (Phi) is 4.16. The molecule has 0 radical (unpaired) electrons. The number of sulfone groups is 1. The lowest BCUT2D eigenvalue weighted by atomic mass is 10.4. The van der Waals surface area contributed by atoms with E-state index in [-0.39, 0.29) is 16.7 Å². The van der Waals surface area contributed by atoms with E-state index in [2.05, 4.69) is 22.6 Å². The van der Waals surface area contributed by atoms with Gasteiger partial charge in [0.1, 0.15) is 6.61 Å². The number of hydrazine groups is 1. The first-order valence-electron chi connectivity index (χ1n) is 4.22. The second-order valence-corrected chi connectivity index (χ2v) is 5.36. The molecule has 0 atom stereocenters. The summed E-state index contributed by atoms with van der Waals surface area (Å²) >= 11 is 4.66. The van der Waals surface area contributed by atoms with Gasteiger partial charge in [0, 0.05) is 12.5 Å². The molecule has 0 amide bonds. The van der Waals surface area contributed by atoms with Gasteiger partial charge in [-0.15, -0.1) is 0 Å². The van der Waals surface area contributed by atoms with Crippen LogP contribution in [0.2, 0.25) is 0 Å². The molecule has 0 aliphatic carbocycles. The summed E-state index contributed by atoms with van der Waals surface area (Å²) in [5.74, 6) is 5.00. The normalized spacial score (nSPS) is 10.9. The highest BCUT2D eigenvalue weighted by Gasteiger charge is 2.07. The fraction of sp³-hybridized carbons (Fsp3) is 0.250. The SMILES string of the molecule is CS(=O)(=O)c1ccc(COC(=S)NN)nc1. The van der Waals surface area contributed by atoms with Crippen LogP contribution in [0.5, 0.6) is 0 Å². The number of nitrogens with two attached hydrogens (primary N) is 1. The van der Waals surface area contributed by atoms with E-state index >= 15 is 0 Å². The summed E-state index contributed by atoms with van der Waals surface area (Å²) in [6.07, 6.45) is 2.39. The fourth-order valence-corrected chi connectivity index (χ4v) is 1.52. The van der Waals surface area contributed by atoms with Crippen LogP contribution < -0.4 is 11.3 Å². The second kappa shape index (κ2) is 5.19. The number of thiocarbonyl (C=S) groups is 1. The Hall–Kier alpha value is -1.25. The molecule has 1 aromatic heterocycles. The van der Waals surface area contributed by atoms with Crippen LogP contribution in [0.4, 0.5) is 0 Å². The van der Waals surface area contributed by atoms with Gasteiger partial charge in [-0.25, -0.2) is 14.3 Å². The van der Waals surface area contributed by atoms with E-state index in [1.54, 1.807) is 6.07 Å². The molecule has 0 bridgehead atoms. The molecule has 1 aromatic rings. The maximum atomic E-state index is 11.1. The summed E-state index contributed by atoms with van der Waals surface area (Å²) < 4.78 is 27.3. The number of hydrogen-bond acceptors (Lipinski definition) is 6. The first-order valence-corrected chi connectivity index (χ1v) is 6.52. The zero-order valence-corrected chi connectivity index (χ0v) is 10.1. The second-order valence-electron chi connectivity index (χ2n) is 2.98. The largest absolute Gasteiger partial charge is 0.464 e. The summed E-state index contributed by atoms with van der Waals surface area (Å²) in [5.41, 5.74) is 2.72. The average molecular weight is 261 g/mol. The monoisotopic (exact) mass is 261 g/mol. The van der Waals surface area contributed by atoms with Crippen LogP contribution in [0.15, 0.2) is 23.2 Å². The smallest absolute Gasteiger partial charge is 0.271 e. The van der Waals surface area contributed by atoms with Crippen molar-refractivity contribution in [3.63, 3.8) is 0 Å². The van der Waals surface area contributed by atoms with Crippen molar-refractivity contribution in [2.45, 2.75) is 11.5 Å². The maximum absolute atomic E-state index is 11.1. The molecule has 0 saturated heterocycles. The standard InChI is InChI=1S/C8H11N3O3S2/c1-16(12,13)7-3-2-6(10-4-7)5-14-8(15)11-9/h2-4H,5,9H2,1H3,(H,11,15). The molecule has 16 heavy (non-hydrogen) atoms. The average Bonchev–Trinajstić information content (AvgIpc) is 2.25. The van der Waals surface area contributed by atoms with Gasteiger partial charge in [0.2, 0.25) is 0 Å². The number of rotatable bonds is 3. The van der Waals surface area contributed by atoms with Crippen LogP contribution >= 0.6 is 12.2 Å². The lowest BCUT2D eigenvalue weighted by molar-refractivity contribution is 0.282. The molecule has 1 rings (SSSR count). The van der Waals surface area contributed by atoms with E-state index in [1.807, 2.05) is 0 Å². The Labute approximate surface area is 98.7 Å². The van der Waals surface area contributed by atoms with Gasteiger partial charge in [-0.3, -0.25) is 10.4 Å². The number of nitrogens with one attached hydrogen (secondary N) is 1. The molecular weight excluding hydrogens is 250 g/mol. The summed E-state index contributed by atoms with van der Waals surface area (Å²) in [5, 5.41) is 0.0500. The minimum absolute atomic E-state index is 0.0500. The van der Waals surface area contributed by atoms with E-state index < -0.39 is 9.84 Å². The lowest BCUT2D eigenvalue weighted by Crippen LogP contribution is -2.30.